The smallest absolute Gasteiger partial charge is 0.462 e. The summed E-state index contributed by atoms with van der Waals surface area (Å²) in [5.74, 6) is -3.39. The zero-order chi connectivity index (χ0) is 28.0. The molecule has 0 aromatic heterocycles. The molecule has 37 heavy (non-hydrogen) atoms. The minimum Gasteiger partial charge on any atom is -0.468 e. The van der Waals surface area contributed by atoms with Gasteiger partial charge in [0.1, 0.15) is 0 Å². The van der Waals surface area contributed by atoms with Gasteiger partial charge in [0, 0.05) is 12.2 Å². The van der Waals surface area contributed by atoms with Gasteiger partial charge >= 0.3 is 31.0 Å². The van der Waals surface area contributed by atoms with E-state index in [9.17, 15) is 19.2 Å². The quantitative estimate of drug-likeness (QED) is 0.163. The van der Waals surface area contributed by atoms with E-state index in [1.165, 1.54) is 28.4 Å². The summed E-state index contributed by atoms with van der Waals surface area (Å²) in [6.07, 6.45) is 0.340. The average molecular weight is 520 g/mol. The van der Waals surface area contributed by atoms with Gasteiger partial charge in [-0.2, -0.15) is 0 Å². The van der Waals surface area contributed by atoms with Crippen molar-refractivity contribution in [2.75, 3.05) is 28.4 Å². The van der Waals surface area contributed by atoms with Crippen molar-refractivity contribution in [1.82, 2.24) is 0 Å². The molecule has 2 aliphatic carbocycles. The molecule has 1 saturated heterocycles. The van der Waals surface area contributed by atoms with E-state index in [4.69, 9.17) is 28.3 Å². The van der Waals surface area contributed by atoms with E-state index in [0.717, 1.165) is 5.57 Å². The highest BCUT2D eigenvalue weighted by Crippen LogP contribution is 2.57. The highest BCUT2D eigenvalue weighted by atomic mass is 16.7. The fourth-order valence-electron chi connectivity index (χ4n) is 5.81. The summed E-state index contributed by atoms with van der Waals surface area (Å²) >= 11 is 0. The molecule has 1 heterocycles. The second kappa shape index (κ2) is 9.91. The Morgan fingerprint density at radius 3 is 1.65 bits per heavy atom. The van der Waals surface area contributed by atoms with Crippen LogP contribution in [0.25, 0.3) is 0 Å². The van der Waals surface area contributed by atoms with Crippen LogP contribution < -0.4 is 0 Å². The fraction of sp³-hybridized carbons (Fsp3) is 0.692. The third-order valence-corrected chi connectivity index (χ3v) is 8.48. The Kier molecular flexibility index (Phi) is 7.74. The van der Waals surface area contributed by atoms with Crippen LogP contribution in [0.15, 0.2) is 23.3 Å². The van der Waals surface area contributed by atoms with Crippen molar-refractivity contribution in [3.8, 4) is 0 Å². The molecule has 1 aliphatic heterocycles. The standard InChI is InChI=1S/C26H37BO10/c1-15-10-25(19(28)32-6,20(29)33-7)12-17(15)18-13-26(21(30)34-8,22(31)35-9)11-16(18)14-27-36-23(2,3)24(4,5)37-27/h17H,1,10-14H2,2-9H3/t17-/m1/s1. The van der Waals surface area contributed by atoms with E-state index < -0.39 is 58.9 Å². The Hall–Kier alpha value is -2.66. The number of allylic oxidation sites excluding steroid dienone is 3. The minimum absolute atomic E-state index is 0.0106. The molecule has 0 spiro atoms. The summed E-state index contributed by atoms with van der Waals surface area (Å²) in [5.41, 5.74) is -2.30. The molecule has 3 aliphatic rings. The van der Waals surface area contributed by atoms with Crippen molar-refractivity contribution >= 4 is 31.0 Å². The Morgan fingerprint density at radius 1 is 0.784 bits per heavy atom. The molecule has 0 N–H and O–H groups in total. The molecular weight excluding hydrogens is 483 g/mol. The maximum Gasteiger partial charge on any atom is 0.462 e. The lowest BCUT2D eigenvalue weighted by atomic mass is 9.76. The van der Waals surface area contributed by atoms with Crippen LogP contribution in [0.2, 0.25) is 6.32 Å². The number of ether oxygens (including phenoxy) is 4. The monoisotopic (exact) mass is 520 g/mol. The Bertz CT molecular complexity index is 992. The van der Waals surface area contributed by atoms with Crippen LogP contribution in [0.3, 0.4) is 0 Å². The minimum atomic E-state index is -1.61. The van der Waals surface area contributed by atoms with Crippen molar-refractivity contribution in [3.05, 3.63) is 23.3 Å². The van der Waals surface area contributed by atoms with Crippen LogP contribution in [0.5, 0.6) is 0 Å². The first kappa shape index (κ1) is 28.9. The molecule has 11 heteroatoms. The number of hydrogen-bond donors (Lipinski definition) is 0. The summed E-state index contributed by atoms with van der Waals surface area (Å²) in [6, 6.07) is 0. The lowest BCUT2D eigenvalue weighted by Gasteiger charge is -2.32. The predicted octanol–water partition coefficient (Wildman–Crippen LogP) is 2.80. The lowest BCUT2D eigenvalue weighted by Crippen LogP contribution is -2.41. The molecule has 1 atom stereocenters. The zero-order valence-corrected chi connectivity index (χ0v) is 23.0. The van der Waals surface area contributed by atoms with Gasteiger partial charge in [0.15, 0.2) is 10.8 Å². The van der Waals surface area contributed by atoms with Gasteiger partial charge in [0.05, 0.1) is 39.6 Å². The van der Waals surface area contributed by atoms with Gasteiger partial charge in [-0.15, -0.1) is 0 Å². The first-order valence-electron chi connectivity index (χ1n) is 12.2. The van der Waals surface area contributed by atoms with Crippen LogP contribution in [-0.4, -0.2) is 70.6 Å². The van der Waals surface area contributed by atoms with Gasteiger partial charge in [-0.1, -0.05) is 23.3 Å². The van der Waals surface area contributed by atoms with Crippen LogP contribution in [0.1, 0.15) is 53.4 Å². The maximum atomic E-state index is 13.0. The summed E-state index contributed by atoms with van der Waals surface area (Å²) in [4.78, 5) is 51.7. The molecule has 0 aromatic rings. The molecule has 3 rings (SSSR count). The van der Waals surface area contributed by atoms with Crippen molar-refractivity contribution in [1.29, 1.82) is 0 Å². The topological polar surface area (TPSA) is 124 Å². The van der Waals surface area contributed by atoms with Gasteiger partial charge in [-0.3, -0.25) is 19.2 Å². The van der Waals surface area contributed by atoms with E-state index in [2.05, 4.69) is 6.58 Å². The molecule has 0 radical (unpaired) electrons. The van der Waals surface area contributed by atoms with Crippen LogP contribution >= 0.6 is 0 Å². The lowest BCUT2D eigenvalue weighted by molar-refractivity contribution is -0.170. The predicted molar refractivity (Wildman–Crippen MR) is 132 cm³/mol. The number of esters is 4. The Morgan fingerprint density at radius 2 is 1.22 bits per heavy atom. The second-order valence-electron chi connectivity index (χ2n) is 11.1. The van der Waals surface area contributed by atoms with E-state index in [1.54, 1.807) is 0 Å². The Labute approximate surface area is 218 Å². The van der Waals surface area contributed by atoms with Crippen molar-refractivity contribution in [2.45, 2.75) is 70.9 Å². The highest BCUT2D eigenvalue weighted by Gasteiger charge is 2.61. The summed E-state index contributed by atoms with van der Waals surface area (Å²) in [5, 5.41) is 0. The summed E-state index contributed by atoms with van der Waals surface area (Å²) in [6.45, 7) is 11.9. The molecule has 2 fully saturated rings. The number of carbonyl (C=O) groups is 4. The molecule has 0 bridgehead atoms. The molecule has 204 valence electrons. The SMILES string of the molecule is C=C1CC(C(=O)OC)(C(=O)OC)C[C@H]1C1=C(CB2OC(C)(C)C(C)(C)O2)CC(C(=O)OC)(C(=O)OC)C1. The normalized spacial score (nSPS) is 25.1. The largest absolute Gasteiger partial charge is 0.468 e. The van der Waals surface area contributed by atoms with Gasteiger partial charge < -0.3 is 28.3 Å². The number of rotatable bonds is 7. The van der Waals surface area contributed by atoms with E-state index in [-0.39, 0.29) is 32.0 Å². The van der Waals surface area contributed by atoms with Gasteiger partial charge in [0.25, 0.3) is 0 Å². The van der Waals surface area contributed by atoms with E-state index in [1.807, 2.05) is 27.7 Å². The molecule has 0 aromatic carbocycles. The van der Waals surface area contributed by atoms with Crippen molar-refractivity contribution in [3.63, 3.8) is 0 Å². The zero-order valence-electron chi connectivity index (χ0n) is 23.0. The molecule has 0 amide bonds. The van der Waals surface area contributed by atoms with Crippen molar-refractivity contribution < 1.29 is 47.4 Å². The number of hydrogen-bond acceptors (Lipinski definition) is 10. The maximum absolute atomic E-state index is 13.0. The third kappa shape index (κ3) is 4.61. The molecule has 1 saturated carbocycles. The van der Waals surface area contributed by atoms with Crippen molar-refractivity contribution in [2.24, 2.45) is 16.7 Å². The first-order valence-corrected chi connectivity index (χ1v) is 12.2. The van der Waals surface area contributed by atoms with Gasteiger partial charge in [-0.25, -0.2) is 0 Å². The highest BCUT2D eigenvalue weighted by molar-refractivity contribution is 6.46. The average Bonchev–Trinajstić information content (AvgIpc) is 3.46. The summed E-state index contributed by atoms with van der Waals surface area (Å²) < 4.78 is 32.4. The number of methoxy groups -OCH3 is 4. The third-order valence-electron chi connectivity index (χ3n) is 8.48. The van der Waals surface area contributed by atoms with Gasteiger partial charge in [-0.05, 0) is 53.4 Å². The second-order valence-corrected chi connectivity index (χ2v) is 11.1. The number of carbonyl (C=O) groups excluding carboxylic acids is 4. The first-order chi connectivity index (χ1) is 17.1. The summed E-state index contributed by atoms with van der Waals surface area (Å²) in [7, 11) is 4.21. The van der Waals surface area contributed by atoms with E-state index >= 15 is 0 Å². The molecule has 0 unspecified atom stereocenters. The fourth-order valence-corrected chi connectivity index (χ4v) is 5.81. The molecule has 10 nitrogen and oxygen atoms in total. The van der Waals surface area contributed by atoms with Crippen LogP contribution in [0.4, 0.5) is 0 Å². The van der Waals surface area contributed by atoms with Gasteiger partial charge in [0.2, 0.25) is 0 Å². The Balaban J connectivity index is 2.08. The van der Waals surface area contributed by atoms with Crippen LogP contribution in [-0.2, 0) is 47.4 Å². The van der Waals surface area contributed by atoms with E-state index in [0.29, 0.717) is 11.1 Å². The molecular formula is C26H37BO10. The van der Waals surface area contributed by atoms with Crippen LogP contribution in [0, 0.1) is 16.7 Å².